The third-order valence-electron chi connectivity index (χ3n) is 3.12. The highest BCUT2D eigenvalue weighted by atomic mass is 16.4. The Morgan fingerprint density at radius 2 is 2.11 bits per heavy atom. The van der Waals surface area contributed by atoms with Crippen molar-refractivity contribution in [3.63, 3.8) is 0 Å². The number of hydrogen-bond acceptors (Lipinski definition) is 2. The largest absolute Gasteiger partial charge is 0.481 e. The van der Waals surface area contributed by atoms with E-state index in [0.717, 1.165) is 16.8 Å². The van der Waals surface area contributed by atoms with Crippen molar-refractivity contribution in [3.05, 3.63) is 65.5 Å². The Bertz CT molecular complexity index is 552. The van der Waals surface area contributed by atoms with E-state index in [1.807, 2.05) is 43.3 Å². The van der Waals surface area contributed by atoms with E-state index >= 15 is 0 Å². The molecule has 0 aliphatic rings. The number of pyridine rings is 1. The molecule has 0 saturated heterocycles. The van der Waals surface area contributed by atoms with Crippen LogP contribution in [0, 0.1) is 6.92 Å². The van der Waals surface area contributed by atoms with Gasteiger partial charge in [-0.3, -0.25) is 9.78 Å². The fraction of sp³-hybridized carbons (Fsp3) is 0.250. The molecule has 0 amide bonds. The second-order valence-corrected chi connectivity index (χ2v) is 4.73. The minimum atomic E-state index is -0.776. The molecule has 98 valence electrons. The van der Waals surface area contributed by atoms with Crippen molar-refractivity contribution in [2.24, 2.45) is 0 Å². The number of aryl methyl sites for hydroxylation is 1. The van der Waals surface area contributed by atoms with Crippen molar-refractivity contribution in [2.45, 2.75) is 25.7 Å². The summed E-state index contributed by atoms with van der Waals surface area (Å²) in [5, 5.41) is 9.07. The summed E-state index contributed by atoms with van der Waals surface area (Å²) in [6.07, 6.45) is 2.51. The van der Waals surface area contributed by atoms with Crippen LogP contribution in [0.3, 0.4) is 0 Å². The maximum atomic E-state index is 11.0. The molecule has 0 aliphatic carbocycles. The predicted octanol–water partition coefficient (Wildman–Crippen LogP) is 3.19. The van der Waals surface area contributed by atoms with Crippen molar-refractivity contribution in [2.75, 3.05) is 0 Å². The van der Waals surface area contributed by atoms with Gasteiger partial charge in [0.15, 0.2) is 0 Å². The Balaban J connectivity index is 2.23. The number of aromatic nitrogens is 1. The highest BCUT2D eigenvalue weighted by Gasteiger charge is 2.16. The monoisotopic (exact) mass is 255 g/mol. The molecular formula is C16H17NO2. The van der Waals surface area contributed by atoms with Crippen LogP contribution in [0.25, 0.3) is 0 Å². The lowest BCUT2D eigenvalue weighted by Crippen LogP contribution is -2.10. The number of hydrogen-bond donors (Lipinski definition) is 1. The molecule has 3 heteroatoms. The highest BCUT2D eigenvalue weighted by Crippen LogP contribution is 2.24. The van der Waals surface area contributed by atoms with Crippen molar-refractivity contribution in [1.82, 2.24) is 4.98 Å². The molecule has 19 heavy (non-hydrogen) atoms. The lowest BCUT2D eigenvalue weighted by Gasteiger charge is -2.15. The molecule has 0 spiro atoms. The van der Waals surface area contributed by atoms with Crippen LogP contribution in [0.2, 0.25) is 0 Å². The topological polar surface area (TPSA) is 50.2 Å². The molecule has 0 aliphatic heterocycles. The fourth-order valence-corrected chi connectivity index (χ4v) is 2.21. The zero-order valence-corrected chi connectivity index (χ0v) is 10.9. The Kier molecular flexibility index (Phi) is 4.29. The maximum absolute atomic E-state index is 11.0. The van der Waals surface area contributed by atoms with E-state index in [2.05, 4.69) is 11.1 Å². The molecule has 0 fully saturated rings. The van der Waals surface area contributed by atoms with Crippen molar-refractivity contribution in [3.8, 4) is 0 Å². The van der Waals surface area contributed by atoms with Gasteiger partial charge in [-0.15, -0.1) is 0 Å². The quantitative estimate of drug-likeness (QED) is 0.892. The summed E-state index contributed by atoms with van der Waals surface area (Å²) >= 11 is 0. The molecule has 1 atom stereocenters. The van der Waals surface area contributed by atoms with E-state index in [1.165, 1.54) is 0 Å². The van der Waals surface area contributed by atoms with Crippen molar-refractivity contribution < 1.29 is 9.90 Å². The molecule has 1 unspecified atom stereocenters. The van der Waals surface area contributed by atoms with Crippen LogP contribution in [0.15, 0.2) is 48.7 Å². The van der Waals surface area contributed by atoms with Crippen LogP contribution in [0.4, 0.5) is 0 Å². The number of nitrogens with zero attached hydrogens (tertiary/aromatic N) is 1. The first kappa shape index (κ1) is 13.3. The molecule has 0 radical (unpaired) electrons. The van der Waals surface area contributed by atoms with E-state index < -0.39 is 5.97 Å². The number of carbonyl (C=O) groups is 1. The first-order valence-electron chi connectivity index (χ1n) is 6.33. The normalized spacial score (nSPS) is 12.1. The van der Waals surface area contributed by atoms with E-state index in [1.54, 1.807) is 6.20 Å². The third-order valence-corrected chi connectivity index (χ3v) is 3.12. The Labute approximate surface area is 112 Å². The van der Waals surface area contributed by atoms with Crippen LogP contribution in [-0.2, 0) is 11.2 Å². The zero-order valence-electron chi connectivity index (χ0n) is 10.9. The van der Waals surface area contributed by atoms with E-state index in [0.29, 0.717) is 6.42 Å². The molecule has 1 aromatic heterocycles. The second kappa shape index (κ2) is 6.14. The number of carboxylic acids is 1. The summed E-state index contributed by atoms with van der Waals surface area (Å²) in [6.45, 7) is 2.02. The van der Waals surface area contributed by atoms with Crippen molar-refractivity contribution in [1.29, 1.82) is 0 Å². The maximum Gasteiger partial charge on any atom is 0.303 e. The van der Waals surface area contributed by atoms with Crippen molar-refractivity contribution >= 4 is 5.97 Å². The summed E-state index contributed by atoms with van der Waals surface area (Å²) in [4.78, 5) is 15.3. The van der Waals surface area contributed by atoms with E-state index in [4.69, 9.17) is 5.11 Å². The standard InChI is InChI=1S/C16H17NO2/c1-12-5-4-6-13(9-12)14(11-16(18)19)10-15-7-2-3-8-17-15/h2-9,14H,10-11H2,1H3,(H,18,19). The van der Waals surface area contributed by atoms with Crippen LogP contribution in [-0.4, -0.2) is 16.1 Å². The number of rotatable bonds is 5. The van der Waals surface area contributed by atoms with E-state index in [9.17, 15) is 4.79 Å². The first-order chi connectivity index (χ1) is 9.15. The van der Waals surface area contributed by atoms with Gasteiger partial charge in [-0.25, -0.2) is 0 Å². The molecule has 2 aromatic rings. The number of carboxylic acid groups (broad SMARTS) is 1. The number of aliphatic carboxylic acids is 1. The fourth-order valence-electron chi connectivity index (χ4n) is 2.21. The van der Waals surface area contributed by atoms with Gasteiger partial charge in [-0.2, -0.15) is 0 Å². The van der Waals surface area contributed by atoms with Gasteiger partial charge in [-0.1, -0.05) is 35.9 Å². The number of benzene rings is 1. The summed E-state index contributed by atoms with van der Waals surface area (Å²) in [6, 6.07) is 13.8. The average Bonchev–Trinajstić information content (AvgIpc) is 2.39. The van der Waals surface area contributed by atoms with Gasteiger partial charge >= 0.3 is 5.97 Å². The van der Waals surface area contributed by atoms with Gasteiger partial charge in [0, 0.05) is 11.9 Å². The van der Waals surface area contributed by atoms with Crippen LogP contribution in [0.5, 0.6) is 0 Å². The minimum Gasteiger partial charge on any atom is -0.481 e. The van der Waals surface area contributed by atoms with Gasteiger partial charge in [-0.05, 0) is 37.0 Å². The molecule has 1 aromatic carbocycles. The summed E-state index contributed by atoms with van der Waals surface area (Å²) < 4.78 is 0. The molecule has 2 rings (SSSR count). The van der Waals surface area contributed by atoms with Crippen LogP contribution < -0.4 is 0 Å². The average molecular weight is 255 g/mol. The lowest BCUT2D eigenvalue weighted by atomic mass is 9.90. The summed E-state index contributed by atoms with van der Waals surface area (Å²) in [5.74, 6) is -0.810. The first-order valence-corrected chi connectivity index (χ1v) is 6.33. The molecule has 3 nitrogen and oxygen atoms in total. The Morgan fingerprint density at radius 1 is 1.26 bits per heavy atom. The minimum absolute atomic E-state index is 0.0349. The van der Waals surface area contributed by atoms with Gasteiger partial charge in [0.2, 0.25) is 0 Å². The van der Waals surface area contributed by atoms with Crippen LogP contribution >= 0.6 is 0 Å². The lowest BCUT2D eigenvalue weighted by molar-refractivity contribution is -0.137. The van der Waals surface area contributed by atoms with Crippen LogP contribution in [0.1, 0.15) is 29.2 Å². The molecule has 1 heterocycles. The summed E-state index contributed by atoms with van der Waals surface area (Å²) in [5.41, 5.74) is 3.14. The molecule has 1 N–H and O–H groups in total. The summed E-state index contributed by atoms with van der Waals surface area (Å²) in [7, 11) is 0. The predicted molar refractivity (Wildman–Crippen MR) is 74.1 cm³/mol. The highest BCUT2D eigenvalue weighted by molar-refractivity contribution is 5.68. The molecule has 0 bridgehead atoms. The molecular weight excluding hydrogens is 238 g/mol. The SMILES string of the molecule is Cc1cccc(C(CC(=O)O)Cc2ccccn2)c1. The van der Waals surface area contributed by atoms with Gasteiger partial charge in [0.1, 0.15) is 0 Å². The second-order valence-electron chi connectivity index (χ2n) is 4.73. The Morgan fingerprint density at radius 3 is 2.74 bits per heavy atom. The third kappa shape index (κ3) is 3.91. The van der Waals surface area contributed by atoms with Gasteiger partial charge in [0.25, 0.3) is 0 Å². The van der Waals surface area contributed by atoms with Gasteiger partial charge in [0.05, 0.1) is 6.42 Å². The Hall–Kier alpha value is -2.16. The zero-order chi connectivity index (χ0) is 13.7. The smallest absolute Gasteiger partial charge is 0.303 e. The van der Waals surface area contributed by atoms with E-state index in [-0.39, 0.29) is 12.3 Å². The van der Waals surface area contributed by atoms with Gasteiger partial charge < -0.3 is 5.11 Å². The molecule has 0 saturated carbocycles.